The SMILES string of the molecule is O=C(Nc1ccc2c(c1)OCCO2)N1CCCO[C@H]2CCC[C@@H]21. The first-order valence-electron chi connectivity index (χ1n) is 8.40. The minimum absolute atomic E-state index is 0.0518. The van der Waals surface area contributed by atoms with Crippen LogP contribution >= 0.6 is 0 Å². The largest absolute Gasteiger partial charge is 0.486 e. The van der Waals surface area contributed by atoms with Crippen LogP contribution in [-0.2, 0) is 4.74 Å². The maximum absolute atomic E-state index is 12.7. The number of hydrogen-bond donors (Lipinski definition) is 1. The summed E-state index contributed by atoms with van der Waals surface area (Å²) < 4.78 is 17.0. The molecular weight excluding hydrogens is 296 g/mol. The van der Waals surface area contributed by atoms with E-state index in [9.17, 15) is 4.79 Å². The molecule has 1 N–H and O–H groups in total. The molecule has 6 nitrogen and oxygen atoms in total. The monoisotopic (exact) mass is 318 g/mol. The van der Waals surface area contributed by atoms with Crippen molar-refractivity contribution >= 4 is 11.7 Å². The third-order valence-corrected chi connectivity index (χ3v) is 4.75. The summed E-state index contributed by atoms with van der Waals surface area (Å²) in [7, 11) is 0. The fourth-order valence-corrected chi connectivity index (χ4v) is 3.66. The minimum Gasteiger partial charge on any atom is -0.486 e. The van der Waals surface area contributed by atoms with Crippen LogP contribution in [0.5, 0.6) is 11.5 Å². The molecule has 2 atom stereocenters. The summed E-state index contributed by atoms with van der Waals surface area (Å²) in [6, 6.07) is 5.67. The van der Waals surface area contributed by atoms with E-state index in [1.54, 1.807) is 0 Å². The zero-order chi connectivity index (χ0) is 15.6. The molecule has 124 valence electrons. The molecule has 1 aliphatic carbocycles. The molecule has 0 unspecified atom stereocenters. The third kappa shape index (κ3) is 2.95. The fourth-order valence-electron chi connectivity index (χ4n) is 3.66. The van der Waals surface area contributed by atoms with Gasteiger partial charge in [0.05, 0.1) is 12.1 Å². The number of nitrogens with zero attached hydrogens (tertiary/aromatic N) is 1. The molecule has 2 fully saturated rings. The molecule has 0 radical (unpaired) electrons. The maximum atomic E-state index is 12.7. The number of rotatable bonds is 1. The van der Waals surface area contributed by atoms with Gasteiger partial charge in [-0.2, -0.15) is 0 Å². The lowest BCUT2D eigenvalue weighted by Crippen LogP contribution is -2.45. The molecule has 4 rings (SSSR count). The molecule has 1 aromatic carbocycles. The molecule has 1 aromatic rings. The van der Waals surface area contributed by atoms with Crippen LogP contribution in [0.1, 0.15) is 25.7 Å². The average Bonchev–Trinajstić information content (AvgIpc) is 2.94. The molecule has 2 heterocycles. The van der Waals surface area contributed by atoms with Crippen molar-refractivity contribution in [2.24, 2.45) is 0 Å². The lowest BCUT2D eigenvalue weighted by molar-refractivity contribution is 0.0413. The van der Waals surface area contributed by atoms with E-state index in [0.717, 1.165) is 50.3 Å². The summed E-state index contributed by atoms with van der Waals surface area (Å²) in [5.74, 6) is 1.42. The van der Waals surface area contributed by atoms with Crippen molar-refractivity contribution in [2.75, 3.05) is 31.7 Å². The first kappa shape index (κ1) is 14.6. The van der Waals surface area contributed by atoms with E-state index in [0.29, 0.717) is 19.0 Å². The molecule has 0 spiro atoms. The van der Waals surface area contributed by atoms with Gasteiger partial charge in [0.1, 0.15) is 13.2 Å². The van der Waals surface area contributed by atoms with Crippen molar-refractivity contribution in [3.05, 3.63) is 18.2 Å². The Labute approximate surface area is 135 Å². The number of fused-ring (bicyclic) bond motifs is 2. The minimum atomic E-state index is -0.0518. The van der Waals surface area contributed by atoms with Crippen LogP contribution in [0.15, 0.2) is 18.2 Å². The van der Waals surface area contributed by atoms with Crippen LogP contribution in [0.25, 0.3) is 0 Å². The van der Waals surface area contributed by atoms with Crippen molar-refractivity contribution in [3.8, 4) is 11.5 Å². The topological polar surface area (TPSA) is 60.0 Å². The lowest BCUT2D eigenvalue weighted by Gasteiger charge is -2.30. The number of anilines is 1. The van der Waals surface area contributed by atoms with Gasteiger partial charge >= 0.3 is 6.03 Å². The summed E-state index contributed by atoms with van der Waals surface area (Å²) in [6.45, 7) is 2.60. The van der Waals surface area contributed by atoms with Gasteiger partial charge in [0.25, 0.3) is 0 Å². The van der Waals surface area contributed by atoms with Crippen LogP contribution in [0.3, 0.4) is 0 Å². The Morgan fingerprint density at radius 2 is 1.96 bits per heavy atom. The molecule has 2 aliphatic heterocycles. The van der Waals surface area contributed by atoms with E-state index < -0.39 is 0 Å². The highest BCUT2D eigenvalue weighted by Gasteiger charge is 2.37. The third-order valence-electron chi connectivity index (χ3n) is 4.75. The summed E-state index contributed by atoms with van der Waals surface area (Å²) in [6.07, 6.45) is 4.30. The standard InChI is InChI=1S/C17H22N2O4/c20-17(19-7-2-8-21-14-4-1-3-13(14)19)18-12-5-6-15-16(11-12)23-10-9-22-15/h5-6,11,13-14H,1-4,7-10H2,(H,18,20)/t13-,14-/m0/s1. The zero-order valence-corrected chi connectivity index (χ0v) is 13.1. The maximum Gasteiger partial charge on any atom is 0.322 e. The number of carbonyl (C=O) groups is 1. The first-order valence-corrected chi connectivity index (χ1v) is 8.40. The predicted molar refractivity (Wildman–Crippen MR) is 85.2 cm³/mol. The van der Waals surface area contributed by atoms with Crippen LogP contribution in [0.4, 0.5) is 10.5 Å². The van der Waals surface area contributed by atoms with Crippen LogP contribution in [0.2, 0.25) is 0 Å². The summed E-state index contributed by atoms with van der Waals surface area (Å²) >= 11 is 0. The second-order valence-corrected chi connectivity index (χ2v) is 6.24. The van der Waals surface area contributed by atoms with Crippen molar-refractivity contribution < 1.29 is 19.0 Å². The summed E-state index contributed by atoms with van der Waals surface area (Å²) in [4.78, 5) is 14.7. The number of urea groups is 1. The molecule has 6 heteroatoms. The molecule has 1 saturated heterocycles. The van der Waals surface area contributed by atoms with Crippen molar-refractivity contribution in [3.63, 3.8) is 0 Å². The predicted octanol–water partition coefficient (Wildman–Crippen LogP) is 2.63. The number of hydrogen-bond acceptors (Lipinski definition) is 4. The molecule has 3 aliphatic rings. The summed E-state index contributed by atoms with van der Waals surface area (Å²) in [5, 5.41) is 3.00. The lowest BCUT2D eigenvalue weighted by atomic mass is 10.2. The van der Waals surface area contributed by atoms with Crippen LogP contribution < -0.4 is 14.8 Å². The van der Waals surface area contributed by atoms with E-state index in [-0.39, 0.29) is 18.2 Å². The Hall–Kier alpha value is -1.95. The normalized spacial score (nSPS) is 26.3. The van der Waals surface area contributed by atoms with Crippen molar-refractivity contribution in [1.82, 2.24) is 4.90 Å². The highest BCUT2D eigenvalue weighted by Crippen LogP contribution is 2.33. The van der Waals surface area contributed by atoms with E-state index >= 15 is 0 Å². The van der Waals surface area contributed by atoms with Gasteiger partial charge < -0.3 is 24.4 Å². The van der Waals surface area contributed by atoms with Gasteiger partial charge in [0.15, 0.2) is 11.5 Å². The quantitative estimate of drug-likeness (QED) is 0.865. The Bertz CT molecular complexity index is 592. The van der Waals surface area contributed by atoms with Crippen molar-refractivity contribution in [1.29, 1.82) is 0 Å². The van der Waals surface area contributed by atoms with E-state index in [1.807, 2.05) is 23.1 Å². The van der Waals surface area contributed by atoms with Gasteiger partial charge in [-0.15, -0.1) is 0 Å². The van der Waals surface area contributed by atoms with Crippen LogP contribution in [0, 0.1) is 0 Å². The van der Waals surface area contributed by atoms with E-state index in [1.165, 1.54) is 0 Å². The summed E-state index contributed by atoms with van der Waals surface area (Å²) in [5.41, 5.74) is 0.735. The second-order valence-electron chi connectivity index (χ2n) is 6.24. The number of nitrogens with one attached hydrogen (secondary N) is 1. The van der Waals surface area contributed by atoms with Gasteiger partial charge in [-0.25, -0.2) is 4.79 Å². The smallest absolute Gasteiger partial charge is 0.322 e. The van der Waals surface area contributed by atoms with Gasteiger partial charge in [-0.3, -0.25) is 0 Å². The number of benzene rings is 1. The Morgan fingerprint density at radius 3 is 2.87 bits per heavy atom. The van der Waals surface area contributed by atoms with Crippen LogP contribution in [-0.4, -0.2) is 49.4 Å². The molecular formula is C17H22N2O4. The molecule has 2 amide bonds. The number of amides is 2. The highest BCUT2D eigenvalue weighted by atomic mass is 16.6. The molecule has 0 aromatic heterocycles. The molecule has 1 saturated carbocycles. The van der Waals surface area contributed by atoms with Gasteiger partial charge in [-0.1, -0.05) is 0 Å². The average molecular weight is 318 g/mol. The molecule has 23 heavy (non-hydrogen) atoms. The molecule has 0 bridgehead atoms. The Kier molecular flexibility index (Phi) is 3.99. The van der Waals surface area contributed by atoms with Crippen molar-refractivity contribution in [2.45, 2.75) is 37.8 Å². The number of carbonyl (C=O) groups excluding carboxylic acids is 1. The van der Waals surface area contributed by atoms with Gasteiger partial charge in [-0.05, 0) is 37.8 Å². The first-order chi connectivity index (χ1) is 11.3. The van der Waals surface area contributed by atoms with Gasteiger partial charge in [0.2, 0.25) is 0 Å². The van der Waals surface area contributed by atoms with E-state index in [2.05, 4.69) is 5.32 Å². The van der Waals surface area contributed by atoms with E-state index in [4.69, 9.17) is 14.2 Å². The number of ether oxygens (including phenoxy) is 3. The van der Waals surface area contributed by atoms with Gasteiger partial charge in [0, 0.05) is 24.9 Å². The Balaban J connectivity index is 1.48. The zero-order valence-electron chi connectivity index (χ0n) is 13.1. The fraction of sp³-hybridized carbons (Fsp3) is 0.588. The highest BCUT2D eigenvalue weighted by molar-refractivity contribution is 5.90. The Morgan fingerprint density at radius 1 is 1.09 bits per heavy atom. The second kappa shape index (κ2) is 6.28.